The van der Waals surface area contributed by atoms with Crippen LogP contribution in [0.2, 0.25) is 0 Å². The van der Waals surface area contributed by atoms with Crippen molar-refractivity contribution in [2.45, 2.75) is 12.3 Å². The summed E-state index contributed by atoms with van der Waals surface area (Å²) < 4.78 is 0. The number of rotatable bonds is 3. The van der Waals surface area contributed by atoms with Crippen LogP contribution in [0.15, 0.2) is 24.3 Å². The smallest absolute Gasteiger partial charge is 0.316 e. The van der Waals surface area contributed by atoms with Crippen molar-refractivity contribution in [3.63, 3.8) is 0 Å². The number of carboxylic acids is 1. The Bertz CT molecular complexity index is 445. The number of hydrogen-bond acceptors (Lipinski definition) is 2. The number of carbonyl (C=O) groups excluding carboxylic acids is 1. The lowest BCUT2D eigenvalue weighted by Gasteiger charge is -2.04. The molecule has 2 atom stereocenters. The van der Waals surface area contributed by atoms with Gasteiger partial charge in [-0.05, 0) is 30.0 Å². The standard InChI is InChI=1S/C11H12N2O3/c12-11(16)13-7-3-1-2-6(4-7)8-5-9(8)10(14)15/h1-4,8-9H,5H2,(H,14,15)(H3,12,13,16). The number of nitrogens with one attached hydrogen (secondary N) is 1. The molecule has 0 radical (unpaired) electrons. The molecule has 5 nitrogen and oxygen atoms in total. The van der Waals surface area contributed by atoms with Crippen LogP contribution in [0, 0.1) is 5.92 Å². The highest BCUT2D eigenvalue weighted by atomic mass is 16.4. The third-order valence-electron chi connectivity index (χ3n) is 2.69. The molecule has 1 aliphatic rings. The van der Waals surface area contributed by atoms with Crippen molar-refractivity contribution in [1.29, 1.82) is 0 Å². The lowest BCUT2D eigenvalue weighted by molar-refractivity contribution is -0.138. The minimum absolute atomic E-state index is 0.0622. The van der Waals surface area contributed by atoms with Gasteiger partial charge in [-0.2, -0.15) is 0 Å². The first kappa shape index (κ1) is 10.5. The molecule has 16 heavy (non-hydrogen) atoms. The Morgan fingerprint density at radius 1 is 1.44 bits per heavy atom. The van der Waals surface area contributed by atoms with E-state index in [0.29, 0.717) is 12.1 Å². The number of primary amides is 1. The molecule has 0 aromatic heterocycles. The molecule has 0 bridgehead atoms. The Hall–Kier alpha value is -2.04. The Morgan fingerprint density at radius 2 is 2.19 bits per heavy atom. The molecule has 1 fully saturated rings. The van der Waals surface area contributed by atoms with Crippen molar-refractivity contribution in [3.8, 4) is 0 Å². The third-order valence-corrected chi connectivity index (χ3v) is 2.69. The molecule has 5 heteroatoms. The van der Waals surface area contributed by atoms with Crippen LogP contribution in [0.4, 0.5) is 10.5 Å². The van der Waals surface area contributed by atoms with E-state index in [1.54, 1.807) is 18.2 Å². The van der Waals surface area contributed by atoms with Gasteiger partial charge in [-0.25, -0.2) is 4.79 Å². The fourth-order valence-corrected chi connectivity index (χ4v) is 1.83. The number of nitrogens with two attached hydrogens (primary N) is 1. The summed E-state index contributed by atoms with van der Waals surface area (Å²) in [7, 11) is 0. The van der Waals surface area contributed by atoms with Crippen LogP contribution >= 0.6 is 0 Å². The first-order valence-electron chi connectivity index (χ1n) is 4.97. The second-order valence-electron chi connectivity index (χ2n) is 3.90. The first-order chi connectivity index (χ1) is 7.58. The number of amides is 2. The maximum absolute atomic E-state index is 10.7. The summed E-state index contributed by atoms with van der Waals surface area (Å²) in [5.74, 6) is -0.991. The van der Waals surface area contributed by atoms with E-state index in [0.717, 1.165) is 5.56 Å². The molecule has 1 aromatic rings. The van der Waals surface area contributed by atoms with Crippen LogP contribution in [0.3, 0.4) is 0 Å². The lowest BCUT2D eigenvalue weighted by atomic mass is 10.1. The topological polar surface area (TPSA) is 92.4 Å². The summed E-state index contributed by atoms with van der Waals surface area (Å²) in [4.78, 5) is 21.4. The summed E-state index contributed by atoms with van der Waals surface area (Å²) in [6, 6.07) is 6.49. The molecule has 0 saturated heterocycles. The summed E-state index contributed by atoms with van der Waals surface area (Å²) >= 11 is 0. The first-order valence-corrected chi connectivity index (χ1v) is 4.97. The normalized spacial score (nSPS) is 22.5. The number of benzene rings is 1. The van der Waals surface area contributed by atoms with Gasteiger partial charge in [0, 0.05) is 5.69 Å². The van der Waals surface area contributed by atoms with Crippen molar-refractivity contribution < 1.29 is 14.7 Å². The number of anilines is 1. The lowest BCUT2D eigenvalue weighted by Crippen LogP contribution is -2.19. The minimum Gasteiger partial charge on any atom is -0.481 e. The Kier molecular flexibility index (Phi) is 2.52. The molecule has 0 heterocycles. The number of carbonyl (C=O) groups is 2. The van der Waals surface area contributed by atoms with Gasteiger partial charge in [0.05, 0.1) is 5.92 Å². The van der Waals surface area contributed by atoms with E-state index in [9.17, 15) is 9.59 Å². The van der Waals surface area contributed by atoms with Gasteiger partial charge < -0.3 is 16.2 Å². The van der Waals surface area contributed by atoms with Crippen molar-refractivity contribution in [3.05, 3.63) is 29.8 Å². The molecule has 2 unspecified atom stereocenters. The molecule has 2 rings (SSSR count). The molecule has 0 spiro atoms. The molecule has 1 saturated carbocycles. The van der Waals surface area contributed by atoms with Gasteiger partial charge in [-0.3, -0.25) is 4.79 Å². The van der Waals surface area contributed by atoms with Crippen LogP contribution in [0.5, 0.6) is 0 Å². The third kappa shape index (κ3) is 2.13. The molecule has 84 valence electrons. The monoisotopic (exact) mass is 220 g/mol. The SMILES string of the molecule is NC(=O)Nc1cccc(C2CC2C(=O)O)c1. The largest absolute Gasteiger partial charge is 0.481 e. The average molecular weight is 220 g/mol. The van der Waals surface area contributed by atoms with E-state index in [2.05, 4.69) is 5.32 Å². The van der Waals surface area contributed by atoms with E-state index in [4.69, 9.17) is 10.8 Å². The van der Waals surface area contributed by atoms with Gasteiger partial charge in [-0.15, -0.1) is 0 Å². The van der Waals surface area contributed by atoms with Crippen molar-refractivity contribution in [2.24, 2.45) is 11.7 Å². The molecule has 2 amide bonds. The fraction of sp³-hybridized carbons (Fsp3) is 0.273. The maximum Gasteiger partial charge on any atom is 0.316 e. The van der Waals surface area contributed by atoms with Crippen LogP contribution < -0.4 is 11.1 Å². The Balaban J connectivity index is 2.12. The number of urea groups is 1. The van der Waals surface area contributed by atoms with Crippen molar-refractivity contribution in [1.82, 2.24) is 0 Å². The van der Waals surface area contributed by atoms with E-state index < -0.39 is 12.0 Å². The minimum atomic E-state index is -0.765. The van der Waals surface area contributed by atoms with Crippen LogP contribution in [0.1, 0.15) is 17.9 Å². The second kappa shape index (κ2) is 3.84. The zero-order valence-electron chi connectivity index (χ0n) is 8.51. The van der Waals surface area contributed by atoms with Gasteiger partial charge >= 0.3 is 12.0 Å². The highest BCUT2D eigenvalue weighted by Crippen LogP contribution is 2.47. The molecular weight excluding hydrogens is 208 g/mol. The number of hydrogen-bond donors (Lipinski definition) is 3. The van der Waals surface area contributed by atoms with Crippen LogP contribution in [0.25, 0.3) is 0 Å². The molecule has 1 aromatic carbocycles. The average Bonchev–Trinajstić information content (AvgIpc) is 2.96. The van der Waals surface area contributed by atoms with Gasteiger partial charge in [-0.1, -0.05) is 12.1 Å². The number of carboxylic acid groups (broad SMARTS) is 1. The van der Waals surface area contributed by atoms with Crippen molar-refractivity contribution >= 4 is 17.7 Å². The molecule has 0 aliphatic heterocycles. The Labute approximate surface area is 92.3 Å². The second-order valence-corrected chi connectivity index (χ2v) is 3.90. The quantitative estimate of drug-likeness (QED) is 0.718. The summed E-state index contributed by atoms with van der Waals surface area (Å²) in [6.07, 6.45) is 0.662. The zero-order valence-corrected chi connectivity index (χ0v) is 8.51. The van der Waals surface area contributed by atoms with Gasteiger partial charge in [0.15, 0.2) is 0 Å². The highest BCUT2D eigenvalue weighted by molar-refractivity contribution is 5.88. The van der Waals surface area contributed by atoms with E-state index in [-0.39, 0.29) is 11.8 Å². The van der Waals surface area contributed by atoms with Gasteiger partial charge in [0.1, 0.15) is 0 Å². The Morgan fingerprint density at radius 3 is 2.75 bits per heavy atom. The summed E-state index contributed by atoms with van der Waals surface area (Å²) in [6.45, 7) is 0. The van der Waals surface area contributed by atoms with E-state index in [1.165, 1.54) is 0 Å². The summed E-state index contributed by atoms with van der Waals surface area (Å²) in [5, 5.41) is 11.3. The van der Waals surface area contributed by atoms with Gasteiger partial charge in [0.2, 0.25) is 0 Å². The van der Waals surface area contributed by atoms with Crippen LogP contribution in [-0.2, 0) is 4.79 Å². The predicted molar refractivity (Wildman–Crippen MR) is 58.1 cm³/mol. The predicted octanol–water partition coefficient (Wildman–Crippen LogP) is 1.37. The molecule has 1 aliphatic carbocycles. The fourth-order valence-electron chi connectivity index (χ4n) is 1.83. The van der Waals surface area contributed by atoms with E-state index in [1.807, 2.05) is 6.07 Å². The van der Waals surface area contributed by atoms with Crippen molar-refractivity contribution in [2.75, 3.05) is 5.32 Å². The van der Waals surface area contributed by atoms with Crippen LogP contribution in [-0.4, -0.2) is 17.1 Å². The molecular formula is C11H12N2O3. The zero-order chi connectivity index (χ0) is 11.7. The van der Waals surface area contributed by atoms with Gasteiger partial charge in [0.25, 0.3) is 0 Å². The summed E-state index contributed by atoms with van der Waals surface area (Å²) in [5.41, 5.74) is 6.53. The highest BCUT2D eigenvalue weighted by Gasteiger charge is 2.44. The number of aliphatic carboxylic acids is 1. The van der Waals surface area contributed by atoms with E-state index >= 15 is 0 Å². The maximum atomic E-state index is 10.7. The molecule has 4 N–H and O–H groups in total.